The molecule has 158 valence electrons. The van der Waals surface area contributed by atoms with Crippen LogP contribution in [0.3, 0.4) is 0 Å². The van der Waals surface area contributed by atoms with Gasteiger partial charge in [0.2, 0.25) is 0 Å². The number of carbonyl (C=O) groups excluding carboxylic acids is 1. The Kier molecular flexibility index (Phi) is 7.65. The highest BCUT2D eigenvalue weighted by Gasteiger charge is 2.23. The lowest BCUT2D eigenvalue weighted by Gasteiger charge is -2.27. The number of guanidine groups is 1. The molecular weight excluding hydrogens is 358 g/mol. The average Bonchev–Trinajstić information content (AvgIpc) is 3.04. The molecule has 2 rings (SSSR count). The first-order chi connectivity index (χ1) is 13.2. The molecule has 2 unspecified atom stereocenters. The van der Waals surface area contributed by atoms with Crippen LogP contribution in [0, 0.1) is 5.92 Å². The highest BCUT2D eigenvalue weighted by molar-refractivity contribution is 5.80. The lowest BCUT2D eigenvalue weighted by molar-refractivity contribution is 0.0493. The van der Waals surface area contributed by atoms with E-state index in [0.717, 1.165) is 37.7 Å². The molecular formula is C19H35N7O2. The smallest absolute Gasteiger partial charge is 0.407 e. The van der Waals surface area contributed by atoms with E-state index in [1.165, 1.54) is 0 Å². The summed E-state index contributed by atoms with van der Waals surface area (Å²) in [5.74, 6) is 2.00. The lowest BCUT2D eigenvalue weighted by atomic mass is 10.1. The van der Waals surface area contributed by atoms with Crippen molar-refractivity contribution in [3.05, 3.63) is 12.2 Å². The van der Waals surface area contributed by atoms with Crippen molar-refractivity contribution in [2.45, 2.75) is 78.6 Å². The van der Waals surface area contributed by atoms with Crippen molar-refractivity contribution in [3.63, 3.8) is 0 Å². The van der Waals surface area contributed by atoms with E-state index < -0.39 is 11.7 Å². The van der Waals surface area contributed by atoms with E-state index in [0.29, 0.717) is 6.54 Å². The number of amides is 1. The van der Waals surface area contributed by atoms with Crippen molar-refractivity contribution in [2.24, 2.45) is 10.9 Å². The molecule has 0 saturated heterocycles. The van der Waals surface area contributed by atoms with E-state index in [9.17, 15) is 4.79 Å². The summed E-state index contributed by atoms with van der Waals surface area (Å²) in [5.41, 5.74) is -0.521. The van der Waals surface area contributed by atoms with Gasteiger partial charge in [-0.05, 0) is 40.0 Å². The third-order valence-corrected chi connectivity index (χ3v) is 4.44. The molecule has 0 bridgehead atoms. The van der Waals surface area contributed by atoms with Crippen LogP contribution in [0.15, 0.2) is 11.3 Å². The second kappa shape index (κ2) is 9.75. The Morgan fingerprint density at radius 3 is 2.82 bits per heavy atom. The Morgan fingerprint density at radius 2 is 2.18 bits per heavy atom. The van der Waals surface area contributed by atoms with Crippen LogP contribution in [0.1, 0.15) is 53.8 Å². The number of ether oxygens (including phenoxy) is 1. The molecule has 0 saturated carbocycles. The van der Waals surface area contributed by atoms with Gasteiger partial charge in [-0.2, -0.15) is 5.10 Å². The molecule has 1 aromatic heterocycles. The maximum Gasteiger partial charge on any atom is 0.407 e. The monoisotopic (exact) mass is 393 g/mol. The molecule has 1 amide bonds. The van der Waals surface area contributed by atoms with Crippen LogP contribution in [0.2, 0.25) is 0 Å². The summed E-state index contributed by atoms with van der Waals surface area (Å²) in [6.45, 7) is 13.7. The fourth-order valence-electron chi connectivity index (χ4n) is 2.94. The number of alkyl carbamates (subject to hydrolysis) is 1. The van der Waals surface area contributed by atoms with Gasteiger partial charge in [0.25, 0.3) is 0 Å². The van der Waals surface area contributed by atoms with Crippen molar-refractivity contribution in [1.29, 1.82) is 0 Å². The molecule has 0 radical (unpaired) electrons. The van der Waals surface area contributed by atoms with E-state index in [-0.39, 0.29) is 18.0 Å². The highest BCUT2D eigenvalue weighted by Crippen LogP contribution is 2.12. The Bertz CT molecular complexity index is 663. The molecule has 1 aromatic rings. The van der Waals surface area contributed by atoms with Crippen LogP contribution >= 0.6 is 0 Å². The topological polar surface area (TPSA) is 105 Å². The molecule has 1 aliphatic rings. The van der Waals surface area contributed by atoms with Gasteiger partial charge in [-0.15, -0.1) is 0 Å². The number of aryl methyl sites for hydroxylation is 1. The second-order valence-corrected chi connectivity index (χ2v) is 8.45. The average molecular weight is 394 g/mol. The van der Waals surface area contributed by atoms with E-state index in [1.807, 2.05) is 32.4 Å². The lowest BCUT2D eigenvalue weighted by Crippen LogP contribution is -2.48. The van der Waals surface area contributed by atoms with Gasteiger partial charge in [0.1, 0.15) is 17.8 Å². The summed E-state index contributed by atoms with van der Waals surface area (Å²) in [4.78, 5) is 21.1. The Hall–Kier alpha value is -2.32. The minimum Gasteiger partial charge on any atom is -0.444 e. The van der Waals surface area contributed by atoms with Gasteiger partial charge in [0.15, 0.2) is 5.96 Å². The molecule has 0 fully saturated rings. The fraction of sp³-hybridized carbons (Fsp3) is 0.789. The normalized spacial score (nSPS) is 18.4. The second-order valence-electron chi connectivity index (χ2n) is 8.45. The maximum atomic E-state index is 12.1. The minimum atomic E-state index is -0.521. The van der Waals surface area contributed by atoms with Gasteiger partial charge in [-0.25, -0.2) is 14.5 Å². The van der Waals surface area contributed by atoms with E-state index >= 15 is 0 Å². The number of fused-ring (bicyclic) bond motifs is 1. The standard InChI is InChI=1S/C19H35N7O2/c1-7-20-17(24-14-8-9-16-22-12-23-26(16)11-14)21-10-15(13(2)3)25-18(27)28-19(4,5)6/h12-15H,7-11H2,1-6H3,(H,25,27)(H2,20,21,24). The number of rotatable bonds is 6. The van der Waals surface area contributed by atoms with Crippen LogP contribution < -0.4 is 16.0 Å². The van der Waals surface area contributed by atoms with Crippen molar-refractivity contribution < 1.29 is 9.53 Å². The zero-order valence-electron chi connectivity index (χ0n) is 18.0. The molecule has 0 spiro atoms. The van der Waals surface area contributed by atoms with Crippen molar-refractivity contribution in [3.8, 4) is 0 Å². The van der Waals surface area contributed by atoms with Crippen LogP contribution in [-0.2, 0) is 17.7 Å². The molecule has 0 aromatic carbocycles. The van der Waals surface area contributed by atoms with Crippen molar-refractivity contribution in [2.75, 3.05) is 13.1 Å². The molecule has 1 aliphatic heterocycles. The van der Waals surface area contributed by atoms with Crippen LogP contribution in [0.4, 0.5) is 4.79 Å². The molecule has 0 aliphatic carbocycles. The maximum absolute atomic E-state index is 12.1. The third-order valence-electron chi connectivity index (χ3n) is 4.44. The molecule has 9 heteroatoms. The Morgan fingerprint density at radius 1 is 1.43 bits per heavy atom. The number of nitrogens with zero attached hydrogens (tertiary/aromatic N) is 4. The molecule has 2 heterocycles. The van der Waals surface area contributed by atoms with Gasteiger partial charge in [-0.1, -0.05) is 13.8 Å². The molecule has 2 atom stereocenters. The Balaban J connectivity index is 1.96. The number of hydrogen-bond donors (Lipinski definition) is 3. The summed E-state index contributed by atoms with van der Waals surface area (Å²) in [5, 5.41) is 14.0. The molecule has 3 N–H and O–H groups in total. The van der Waals surface area contributed by atoms with E-state index in [2.05, 4.69) is 39.9 Å². The van der Waals surface area contributed by atoms with Gasteiger partial charge in [0, 0.05) is 19.0 Å². The third kappa shape index (κ3) is 7.01. The number of nitrogens with one attached hydrogen (secondary N) is 3. The summed E-state index contributed by atoms with van der Waals surface area (Å²) in [7, 11) is 0. The summed E-state index contributed by atoms with van der Waals surface area (Å²) < 4.78 is 7.31. The first-order valence-electron chi connectivity index (χ1n) is 10.1. The van der Waals surface area contributed by atoms with E-state index in [4.69, 9.17) is 9.73 Å². The minimum absolute atomic E-state index is 0.112. The number of aliphatic imine (C=N–C) groups is 1. The predicted octanol–water partition coefficient (Wildman–Crippen LogP) is 1.70. The fourth-order valence-corrected chi connectivity index (χ4v) is 2.94. The SMILES string of the molecule is CCNC(=NCC(NC(=O)OC(C)(C)C)C(C)C)NC1CCc2ncnn2C1. The number of carbonyl (C=O) groups is 1. The zero-order chi connectivity index (χ0) is 20.7. The largest absolute Gasteiger partial charge is 0.444 e. The number of hydrogen-bond acceptors (Lipinski definition) is 5. The highest BCUT2D eigenvalue weighted by atomic mass is 16.6. The molecule has 28 heavy (non-hydrogen) atoms. The summed E-state index contributed by atoms with van der Waals surface area (Å²) >= 11 is 0. The van der Waals surface area contributed by atoms with Crippen LogP contribution in [-0.4, -0.2) is 57.6 Å². The van der Waals surface area contributed by atoms with Crippen molar-refractivity contribution in [1.82, 2.24) is 30.7 Å². The van der Waals surface area contributed by atoms with Crippen LogP contribution in [0.25, 0.3) is 0 Å². The van der Waals surface area contributed by atoms with Crippen LogP contribution in [0.5, 0.6) is 0 Å². The number of aromatic nitrogens is 3. The predicted molar refractivity (Wildman–Crippen MR) is 109 cm³/mol. The summed E-state index contributed by atoms with van der Waals surface area (Å²) in [6.07, 6.45) is 3.07. The van der Waals surface area contributed by atoms with E-state index in [1.54, 1.807) is 6.33 Å². The Labute approximate surface area is 167 Å². The first kappa shape index (κ1) is 22.0. The van der Waals surface area contributed by atoms with Crippen molar-refractivity contribution >= 4 is 12.1 Å². The van der Waals surface area contributed by atoms with Gasteiger partial charge < -0.3 is 20.7 Å². The quantitative estimate of drug-likeness (QED) is 0.502. The zero-order valence-corrected chi connectivity index (χ0v) is 18.0. The molecule has 9 nitrogen and oxygen atoms in total. The summed E-state index contributed by atoms with van der Waals surface area (Å²) in [6, 6.07) is 0.127. The van der Waals surface area contributed by atoms with Gasteiger partial charge in [-0.3, -0.25) is 4.99 Å². The van der Waals surface area contributed by atoms with Gasteiger partial charge in [0.05, 0.1) is 19.1 Å². The van der Waals surface area contributed by atoms with Gasteiger partial charge >= 0.3 is 6.09 Å². The first-order valence-corrected chi connectivity index (χ1v) is 10.1.